The Labute approximate surface area is 94.5 Å². The molecule has 3 heteroatoms. The summed E-state index contributed by atoms with van der Waals surface area (Å²) in [6.07, 6.45) is 1.52. The Bertz CT molecular complexity index is 253. The van der Waals surface area contributed by atoms with Crippen LogP contribution < -0.4 is 0 Å². The van der Waals surface area contributed by atoms with Crippen LogP contribution in [0.3, 0.4) is 0 Å². The largest absolute Gasteiger partial charge is 0.413 e. The van der Waals surface area contributed by atoms with Crippen LogP contribution in [0.1, 0.15) is 40.5 Å². The zero-order valence-electron chi connectivity index (χ0n) is 10.9. The number of hydrogen-bond acceptors (Lipinski definition) is 2. The first kappa shape index (κ1) is 12.9. The molecule has 0 aliphatic heterocycles. The maximum Gasteiger partial charge on any atom is 0.192 e. The van der Waals surface area contributed by atoms with Crippen LogP contribution in [0.4, 0.5) is 0 Å². The molecule has 15 heavy (non-hydrogen) atoms. The molecule has 0 radical (unpaired) electrons. The van der Waals surface area contributed by atoms with Crippen LogP contribution in [0, 0.1) is 5.92 Å². The van der Waals surface area contributed by atoms with Crippen molar-refractivity contribution in [1.82, 2.24) is 0 Å². The maximum atomic E-state index is 11.3. The standard InChI is InChI=1S/C12H24O2Si/c1-9-7-10(13)8-11(9)14-15(5,6)12(2,3)4/h9,11H,7-8H2,1-6H3/t9-,11+/m1/s1. The van der Waals surface area contributed by atoms with Gasteiger partial charge in [0, 0.05) is 12.8 Å². The van der Waals surface area contributed by atoms with Crippen LogP contribution in [0.25, 0.3) is 0 Å². The average molecular weight is 228 g/mol. The molecule has 1 rings (SSSR count). The summed E-state index contributed by atoms with van der Waals surface area (Å²) in [6, 6.07) is 0. The molecule has 0 saturated heterocycles. The molecule has 0 aromatic heterocycles. The fourth-order valence-corrected chi connectivity index (χ4v) is 3.14. The van der Waals surface area contributed by atoms with E-state index in [1.807, 2.05) is 0 Å². The predicted octanol–water partition coefficient (Wildman–Crippen LogP) is 3.38. The van der Waals surface area contributed by atoms with Crippen molar-refractivity contribution in [2.75, 3.05) is 0 Å². The minimum Gasteiger partial charge on any atom is -0.413 e. The lowest BCUT2D eigenvalue weighted by Gasteiger charge is -2.39. The Morgan fingerprint density at radius 2 is 1.80 bits per heavy atom. The Hall–Kier alpha value is -0.153. The average Bonchev–Trinajstić information content (AvgIpc) is 2.26. The number of Topliss-reactive ketones (excluding diaryl/α,β-unsaturated/α-hetero) is 1. The molecule has 1 aliphatic rings. The summed E-state index contributed by atoms with van der Waals surface area (Å²) in [6.45, 7) is 13.3. The Morgan fingerprint density at radius 3 is 2.13 bits per heavy atom. The van der Waals surface area contributed by atoms with Gasteiger partial charge in [-0.3, -0.25) is 4.79 Å². The van der Waals surface area contributed by atoms with E-state index in [1.165, 1.54) is 0 Å². The third-order valence-electron chi connectivity index (χ3n) is 3.87. The fourth-order valence-electron chi connectivity index (χ4n) is 1.71. The molecule has 0 heterocycles. The molecule has 88 valence electrons. The monoisotopic (exact) mass is 228 g/mol. The fraction of sp³-hybridized carbons (Fsp3) is 0.917. The van der Waals surface area contributed by atoms with Gasteiger partial charge in [0.1, 0.15) is 5.78 Å². The Kier molecular flexibility index (Phi) is 3.46. The Morgan fingerprint density at radius 1 is 1.27 bits per heavy atom. The molecule has 0 spiro atoms. The van der Waals surface area contributed by atoms with E-state index in [2.05, 4.69) is 40.8 Å². The zero-order valence-corrected chi connectivity index (χ0v) is 11.9. The summed E-state index contributed by atoms with van der Waals surface area (Å²) < 4.78 is 6.26. The van der Waals surface area contributed by atoms with Crippen molar-refractivity contribution in [3.63, 3.8) is 0 Å². The van der Waals surface area contributed by atoms with Gasteiger partial charge in [-0.1, -0.05) is 27.7 Å². The van der Waals surface area contributed by atoms with Crippen molar-refractivity contribution in [1.29, 1.82) is 0 Å². The number of ketones is 1. The van der Waals surface area contributed by atoms with Crippen LogP contribution in [0.5, 0.6) is 0 Å². The molecular formula is C12H24O2Si. The molecule has 0 aromatic carbocycles. The van der Waals surface area contributed by atoms with E-state index < -0.39 is 8.32 Å². The summed E-state index contributed by atoms with van der Waals surface area (Å²) in [7, 11) is -1.69. The third kappa shape index (κ3) is 2.91. The molecule has 2 nitrogen and oxygen atoms in total. The van der Waals surface area contributed by atoms with Crippen molar-refractivity contribution in [3.05, 3.63) is 0 Å². The van der Waals surface area contributed by atoms with Crippen LogP contribution in [-0.4, -0.2) is 20.2 Å². The molecular weight excluding hydrogens is 204 g/mol. The molecule has 0 amide bonds. The lowest BCUT2D eigenvalue weighted by Crippen LogP contribution is -2.44. The smallest absolute Gasteiger partial charge is 0.192 e. The van der Waals surface area contributed by atoms with Gasteiger partial charge in [-0.05, 0) is 24.1 Å². The molecule has 0 N–H and O–H groups in total. The highest BCUT2D eigenvalue weighted by molar-refractivity contribution is 6.74. The number of hydrogen-bond donors (Lipinski definition) is 0. The van der Waals surface area contributed by atoms with Crippen molar-refractivity contribution < 1.29 is 9.22 Å². The molecule has 2 atom stereocenters. The molecule has 0 bridgehead atoms. The van der Waals surface area contributed by atoms with E-state index in [9.17, 15) is 4.79 Å². The second kappa shape index (κ2) is 4.02. The van der Waals surface area contributed by atoms with E-state index in [0.717, 1.165) is 0 Å². The minimum absolute atomic E-state index is 0.179. The predicted molar refractivity (Wildman–Crippen MR) is 65.5 cm³/mol. The lowest BCUT2D eigenvalue weighted by molar-refractivity contribution is -0.117. The van der Waals surface area contributed by atoms with Crippen LogP contribution in [0.15, 0.2) is 0 Å². The maximum absolute atomic E-state index is 11.3. The first-order chi connectivity index (χ1) is 6.63. The minimum atomic E-state index is -1.69. The molecule has 0 aromatic rings. The highest BCUT2D eigenvalue weighted by Crippen LogP contribution is 2.40. The molecule has 1 saturated carbocycles. The van der Waals surface area contributed by atoms with Gasteiger partial charge in [0.25, 0.3) is 0 Å². The molecule has 1 fully saturated rings. The van der Waals surface area contributed by atoms with Gasteiger partial charge in [-0.2, -0.15) is 0 Å². The van der Waals surface area contributed by atoms with Crippen LogP contribution >= 0.6 is 0 Å². The van der Waals surface area contributed by atoms with E-state index in [-0.39, 0.29) is 11.1 Å². The van der Waals surface area contributed by atoms with Crippen LogP contribution in [-0.2, 0) is 9.22 Å². The summed E-state index contributed by atoms with van der Waals surface area (Å²) in [5, 5.41) is 0.234. The third-order valence-corrected chi connectivity index (χ3v) is 8.37. The van der Waals surface area contributed by atoms with Gasteiger partial charge in [-0.15, -0.1) is 0 Å². The van der Waals surface area contributed by atoms with Gasteiger partial charge >= 0.3 is 0 Å². The Balaban J connectivity index is 2.66. The van der Waals surface area contributed by atoms with Crippen molar-refractivity contribution >= 4 is 14.1 Å². The van der Waals surface area contributed by atoms with Crippen molar-refractivity contribution in [2.24, 2.45) is 5.92 Å². The van der Waals surface area contributed by atoms with E-state index in [1.54, 1.807) is 0 Å². The highest BCUT2D eigenvalue weighted by Gasteiger charge is 2.42. The summed E-state index contributed by atoms with van der Waals surface area (Å²) >= 11 is 0. The first-order valence-corrected chi connectivity index (χ1v) is 8.74. The normalized spacial score (nSPS) is 28.5. The summed E-state index contributed by atoms with van der Waals surface area (Å²) in [4.78, 5) is 11.3. The highest BCUT2D eigenvalue weighted by atomic mass is 28.4. The van der Waals surface area contributed by atoms with Gasteiger partial charge in [0.15, 0.2) is 8.32 Å². The molecule has 0 unspecified atom stereocenters. The van der Waals surface area contributed by atoms with Gasteiger partial charge in [0.2, 0.25) is 0 Å². The topological polar surface area (TPSA) is 26.3 Å². The SMILES string of the molecule is C[C@@H]1CC(=O)C[C@@H]1O[Si](C)(C)C(C)(C)C. The van der Waals surface area contributed by atoms with E-state index >= 15 is 0 Å². The van der Waals surface area contributed by atoms with Gasteiger partial charge in [0.05, 0.1) is 6.10 Å². The molecule has 1 aliphatic carbocycles. The summed E-state index contributed by atoms with van der Waals surface area (Å²) in [5.41, 5.74) is 0. The van der Waals surface area contributed by atoms with Gasteiger partial charge < -0.3 is 4.43 Å². The zero-order chi connectivity index (χ0) is 11.9. The number of rotatable bonds is 2. The number of carbonyl (C=O) groups excluding carboxylic acids is 1. The number of carbonyl (C=O) groups is 1. The quantitative estimate of drug-likeness (QED) is 0.677. The van der Waals surface area contributed by atoms with Gasteiger partial charge in [-0.25, -0.2) is 0 Å². The second-order valence-electron chi connectivity index (χ2n) is 6.34. The van der Waals surface area contributed by atoms with Crippen LogP contribution in [0.2, 0.25) is 18.1 Å². The van der Waals surface area contributed by atoms with E-state index in [0.29, 0.717) is 24.5 Å². The first-order valence-electron chi connectivity index (χ1n) is 5.83. The van der Waals surface area contributed by atoms with Crippen molar-refractivity contribution in [2.45, 2.75) is 64.8 Å². The van der Waals surface area contributed by atoms with E-state index in [4.69, 9.17) is 4.43 Å². The van der Waals surface area contributed by atoms with Crippen molar-refractivity contribution in [3.8, 4) is 0 Å². The summed E-state index contributed by atoms with van der Waals surface area (Å²) in [5.74, 6) is 0.776. The second-order valence-corrected chi connectivity index (χ2v) is 11.1. The lowest BCUT2D eigenvalue weighted by atomic mass is 10.1.